The Morgan fingerprint density at radius 2 is 1.87 bits per heavy atom. The Labute approximate surface area is 133 Å². The van der Waals surface area contributed by atoms with Crippen LogP contribution in [0.4, 0.5) is 0 Å². The third-order valence-electron chi connectivity index (χ3n) is 3.38. The molecule has 0 aliphatic carbocycles. The quantitative estimate of drug-likeness (QED) is 0.678. The van der Waals surface area contributed by atoms with Gasteiger partial charge in [0.25, 0.3) is 0 Å². The predicted octanol–water partition coefficient (Wildman–Crippen LogP) is 2.71. The van der Waals surface area contributed by atoms with Crippen LogP contribution in [0.5, 0.6) is 11.5 Å². The number of fused-ring (bicyclic) bond motifs is 1. The molecule has 2 heterocycles. The minimum Gasteiger partial charge on any atom is -0.497 e. The summed E-state index contributed by atoms with van der Waals surface area (Å²) in [5, 5.41) is 0. The van der Waals surface area contributed by atoms with Gasteiger partial charge in [0.05, 0.1) is 19.9 Å². The second kappa shape index (κ2) is 6.39. The fraction of sp³-hybridized carbons (Fsp3) is 0.176. The van der Waals surface area contributed by atoms with Crippen molar-refractivity contribution in [1.82, 2.24) is 9.38 Å². The molecular formula is C17H16N2O4. The van der Waals surface area contributed by atoms with Crippen LogP contribution in [0.2, 0.25) is 0 Å². The van der Waals surface area contributed by atoms with Gasteiger partial charge in [0.2, 0.25) is 0 Å². The summed E-state index contributed by atoms with van der Waals surface area (Å²) in [5.41, 5.74) is 1.69. The van der Waals surface area contributed by atoms with Gasteiger partial charge in [-0.15, -0.1) is 0 Å². The van der Waals surface area contributed by atoms with Gasteiger partial charge >= 0.3 is 5.97 Å². The maximum Gasteiger partial charge on any atom is 0.341 e. The predicted molar refractivity (Wildman–Crippen MR) is 83.9 cm³/mol. The van der Waals surface area contributed by atoms with Gasteiger partial charge in [0.15, 0.2) is 5.65 Å². The lowest BCUT2D eigenvalue weighted by Gasteiger charge is -2.05. The number of benzene rings is 1. The molecule has 1 aromatic carbocycles. The number of aromatic nitrogens is 2. The molecule has 0 saturated heterocycles. The molecule has 0 spiro atoms. The first-order valence-electron chi connectivity index (χ1n) is 7.03. The molecule has 0 unspecified atom stereocenters. The molecule has 2 aromatic heterocycles. The zero-order chi connectivity index (χ0) is 16.2. The topological polar surface area (TPSA) is 62.1 Å². The van der Waals surface area contributed by atoms with Gasteiger partial charge in [-0.3, -0.25) is 0 Å². The zero-order valence-corrected chi connectivity index (χ0v) is 12.9. The van der Waals surface area contributed by atoms with E-state index in [1.54, 1.807) is 23.6 Å². The van der Waals surface area contributed by atoms with Crippen molar-refractivity contribution in [3.63, 3.8) is 0 Å². The van der Waals surface area contributed by atoms with Crippen LogP contribution in [0.3, 0.4) is 0 Å². The molecule has 6 heteroatoms. The first-order valence-corrected chi connectivity index (χ1v) is 7.03. The van der Waals surface area contributed by atoms with Gasteiger partial charge in [-0.2, -0.15) is 0 Å². The summed E-state index contributed by atoms with van der Waals surface area (Å²) < 4.78 is 17.3. The largest absolute Gasteiger partial charge is 0.497 e. The lowest BCUT2D eigenvalue weighted by molar-refractivity contribution is 0.0602. The number of carbonyl (C=O) groups excluding carboxylic acids is 1. The number of rotatable bonds is 5. The number of imidazole rings is 1. The molecule has 3 aromatic rings. The summed E-state index contributed by atoms with van der Waals surface area (Å²) in [6.07, 6.45) is 3.65. The molecular weight excluding hydrogens is 296 g/mol. The number of pyridine rings is 1. The monoisotopic (exact) mass is 312 g/mol. The number of ether oxygens (including phenoxy) is 3. The molecule has 0 atom stereocenters. The third-order valence-corrected chi connectivity index (χ3v) is 3.38. The summed E-state index contributed by atoms with van der Waals surface area (Å²) >= 11 is 0. The molecule has 0 saturated carbocycles. The highest BCUT2D eigenvalue weighted by atomic mass is 16.5. The van der Waals surface area contributed by atoms with Crippen LogP contribution in [0.25, 0.3) is 5.65 Å². The number of nitrogens with zero attached hydrogens (tertiary/aromatic N) is 2. The Bertz CT molecular complexity index is 824. The summed E-state index contributed by atoms with van der Waals surface area (Å²) in [6.45, 7) is 0.300. The molecule has 0 aliphatic rings. The lowest BCUT2D eigenvalue weighted by atomic mass is 10.3. The maximum absolute atomic E-state index is 11.8. The summed E-state index contributed by atoms with van der Waals surface area (Å²) in [5.74, 6) is 1.08. The minimum atomic E-state index is -0.413. The van der Waals surface area contributed by atoms with E-state index in [1.165, 1.54) is 7.11 Å². The van der Waals surface area contributed by atoms with E-state index < -0.39 is 5.97 Å². The number of methoxy groups -OCH3 is 2. The summed E-state index contributed by atoms with van der Waals surface area (Å²) in [7, 11) is 2.97. The van der Waals surface area contributed by atoms with Gasteiger partial charge in [0, 0.05) is 12.4 Å². The van der Waals surface area contributed by atoms with E-state index in [0.717, 1.165) is 17.2 Å². The van der Waals surface area contributed by atoms with E-state index in [2.05, 4.69) is 4.98 Å². The van der Waals surface area contributed by atoms with E-state index >= 15 is 0 Å². The van der Waals surface area contributed by atoms with Crippen molar-refractivity contribution in [3.8, 4) is 11.5 Å². The molecule has 6 nitrogen and oxygen atoms in total. The van der Waals surface area contributed by atoms with Crippen LogP contribution in [-0.4, -0.2) is 29.6 Å². The molecule has 118 valence electrons. The van der Waals surface area contributed by atoms with E-state index in [4.69, 9.17) is 14.2 Å². The van der Waals surface area contributed by atoms with Crippen LogP contribution in [-0.2, 0) is 11.3 Å². The van der Waals surface area contributed by atoms with Crippen molar-refractivity contribution >= 4 is 11.6 Å². The van der Waals surface area contributed by atoms with Gasteiger partial charge in [0.1, 0.15) is 23.7 Å². The van der Waals surface area contributed by atoms with Crippen molar-refractivity contribution in [2.24, 2.45) is 0 Å². The molecule has 0 fully saturated rings. The highest BCUT2D eigenvalue weighted by Crippen LogP contribution is 2.19. The molecule has 0 aliphatic heterocycles. The fourth-order valence-electron chi connectivity index (χ4n) is 2.23. The van der Waals surface area contributed by atoms with Gasteiger partial charge in [-0.1, -0.05) is 0 Å². The number of hydrogen-bond donors (Lipinski definition) is 0. The first-order chi connectivity index (χ1) is 11.2. The van der Waals surface area contributed by atoms with Crippen LogP contribution in [0, 0.1) is 0 Å². The van der Waals surface area contributed by atoms with E-state index in [1.807, 2.05) is 36.7 Å². The van der Waals surface area contributed by atoms with Crippen LogP contribution >= 0.6 is 0 Å². The van der Waals surface area contributed by atoms with Crippen LogP contribution in [0.1, 0.15) is 16.1 Å². The minimum absolute atomic E-state index is 0.300. The molecule has 23 heavy (non-hydrogen) atoms. The van der Waals surface area contributed by atoms with Crippen LogP contribution in [0.15, 0.2) is 48.8 Å². The Kier molecular flexibility index (Phi) is 4.14. The van der Waals surface area contributed by atoms with Crippen molar-refractivity contribution in [1.29, 1.82) is 0 Å². The van der Waals surface area contributed by atoms with Gasteiger partial charge < -0.3 is 18.6 Å². The number of esters is 1. The Morgan fingerprint density at radius 1 is 1.13 bits per heavy atom. The summed E-state index contributed by atoms with van der Waals surface area (Å²) in [6, 6.07) is 10.8. The van der Waals surface area contributed by atoms with Crippen molar-refractivity contribution in [2.75, 3.05) is 14.2 Å². The number of hydrogen-bond acceptors (Lipinski definition) is 5. The smallest absolute Gasteiger partial charge is 0.341 e. The van der Waals surface area contributed by atoms with Gasteiger partial charge in [-0.05, 0) is 36.4 Å². The lowest BCUT2D eigenvalue weighted by Crippen LogP contribution is -2.03. The average Bonchev–Trinajstić information content (AvgIpc) is 3.02. The molecule has 0 amide bonds. The normalized spacial score (nSPS) is 10.5. The second-order valence-electron chi connectivity index (χ2n) is 4.84. The van der Waals surface area contributed by atoms with E-state index in [9.17, 15) is 4.79 Å². The maximum atomic E-state index is 11.8. The average molecular weight is 312 g/mol. The van der Waals surface area contributed by atoms with Crippen molar-refractivity contribution in [2.45, 2.75) is 6.61 Å². The van der Waals surface area contributed by atoms with Crippen LogP contribution < -0.4 is 9.47 Å². The molecule has 0 N–H and O–H groups in total. The van der Waals surface area contributed by atoms with Gasteiger partial charge in [-0.25, -0.2) is 9.78 Å². The Hall–Kier alpha value is -3.02. The number of carbonyl (C=O) groups is 1. The molecule has 3 rings (SSSR count). The van der Waals surface area contributed by atoms with Crippen molar-refractivity contribution in [3.05, 3.63) is 60.0 Å². The van der Waals surface area contributed by atoms with E-state index in [0.29, 0.717) is 17.8 Å². The highest BCUT2D eigenvalue weighted by Gasteiger charge is 2.13. The second-order valence-corrected chi connectivity index (χ2v) is 4.84. The molecule has 0 radical (unpaired) electrons. The summed E-state index contributed by atoms with van der Waals surface area (Å²) in [4.78, 5) is 16.2. The molecule has 0 bridgehead atoms. The Balaban J connectivity index is 1.79. The highest BCUT2D eigenvalue weighted by molar-refractivity contribution is 5.95. The first kappa shape index (κ1) is 14.9. The SMILES string of the molecule is COC(=O)c1cccn2cc(COc3ccc(OC)cc3)nc12. The van der Waals surface area contributed by atoms with E-state index in [-0.39, 0.29) is 0 Å². The standard InChI is InChI=1S/C17H16N2O4/c1-21-13-5-7-14(8-6-13)23-11-12-10-19-9-3-4-15(16(19)18-12)17(20)22-2/h3-10H,11H2,1-2H3. The fourth-order valence-corrected chi connectivity index (χ4v) is 2.23. The zero-order valence-electron chi connectivity index (χ0n) is 12.9. The third kappa shape index (κ3) is 3.11. The van der Waals surface area contributed by atoms with Crippen molar-refractivity contribution < 1.29 is 19.0 Å². The Morgan fingerprint density at radius 3 is 2.57 bits per heavy atom.